The number of aromatic nitrogens is 3. The molecular formula is C17H12ClFN4O. The second-order valence-electron chi connectivity index (χ2n) is 4.96. The first-order chi connectivity index (χ1) is 11.6. The maximum Gasteiger partial charge on any atom is 0.229 e. The van der Waals surface area contributed by atoms with E-state index in [1.54, 1.807) is 24.5 Å². The summed E-state index contributed by atoms with van der Waals surface area (Å²) < 4.78 is 13.7. The zero-order valence-corrected chi connectivity index (χ0v) is 13.2. The van der Waals surface area contributed by atoms with Gasteiger partial charge >= 0.3 is 0 Å². The summed E-state index contributed by atoms with van der Waals surface area (Å²) in [5.74, 6) is -0.418. The van der Waals surface area contributed by atoms with Crippen molar-refractivity contribution in [1.29, 1.82) is 0 Å². The first-order valence-corrected chi connectivity index (χ1v) is 7.46. The van der Waals surface area contributed by atoms with E-state index in [1.807, 2.05) is 6.07 Å². The van der Waals surface area contributed by atoms with Crippen LogP contribution in [0.3, 0.4) is 0 Å². The molecule has 1 N–H and O–H groups in total. The van der Waals surface area contributed by atoms with Gasteiger partial charge in [-0.1, -0.05) is 17.7 Å². The van der Waals surface area contributed by atoms with Crippen molar-refractivity contribution in [3.8, 4) is 11.4 Å². The third-order valence-electron chi connectivity index (χ3n) is 3.25. The molecule has 3 aromatic rings. The molecule has 0 aliphatic heterocycles. The predicted molar refractivity (Wildman–Crippen MR) is 89.0 cm³/mol. The Kier molecular flexibility index (Phi) is 4.77. The molecule has 1 amide bonds. The summed E-state index contributed by atoms with van der Waals surface area (Å²) in [5, 5.41) is 2.83. The Labute approximate surface area is 142 Å². The molecule has 0 aliphatic rings. The number of rotatable bonds is 4. The van der Waals surface area contributed by atoms with Gasteiger partial charge in [0.05, 0.1) is 24.5 Å². The van der Waals surface area contributed by atoms with E-state index in [9.17, 15) is 9.18 Å². The minimum Gasteiger partial charge on any atom is -0.323 e. The Morgan fingerprint density at radius 3 is 2.58 bits per heavy atom. The molecule has 5 nitrogen and oxygen atoms in total. The molecule has 7 heteroatoms. The number of pyridine rings is 1. The molecule has 2 aromatic heterocycles. The second-order valence-corrected chi connectivity index (χ2v) is 5.37. The van der Waals surface area contributed by atoms with E-state index < -0.39 is 11.7 Å². The summed E-state index contributed by atoms with van der Waals surface area (Å²) >= 11 is 5.91. The third kappa shape index (κ3) is 3.72. The molecule has 0 radical (unpaired) electrons. The number of amides is 1. The van der Waals surface area contributed by atoms with E-state index in [0.717, 1.165) is 5.56 Å². The maximum absolute atomic E-state index is 13.7. The molecular weight excluding hydrogens is 331 g/mol. The minimum atomic E-state index is -0.513. The number of carbonyl (C=O) groups is 1. The molecule has 0 saturated heterocycles. The zero-order valence-electron chi connectivity index (χ0n) is 12.4. The SMILES string of the molecule is O=C(Cc1c(F)cccc1Cl)Nc1cnc(-c2cccnc2)nc1. The van der Waals surface area contributed by atoms with Crippen LogP contribution in [-0.2, 0) is 11.2 Å². The Morgan fingerprint density at radius 1 is 1.12 bits per heavy atom. The summed E-state index contributed by atoms with van der Waals surface area (Å²) in [6.45, 7) is 0. The van der Waals surface area contributed by atoms with Crippen molar-refractivity contribution in [2.75, 3.05) is 5.32 Å². The van der Waals surface area contributed by atoms with Gasteiger partial charge in [-0.15, -0.1) is 0 Å². The van der Waals surface area contributed by atoms with Gasteiger partial charge in [0.15, 0.2) is 5.82 Å². The van der Waals surface area contributed by atoms with Gasteiger partial charge < -0.3 is 5.32 Å². The van der Waals surface area contributed by atoms with Gasteiger partial charge in [0, 0.05) is 28.5 Å². The van der Waals surface area contributed by atoms with Gasteiger partial charge in [-0.05, 0) is 24.3 Å². The van der Waals surface area contributed by atoms with Crippen molar-refractivity contribution in [2.24, 2.45) is 0 Å². The fourth-order valence-corrected chi connectivity index (χ4v) is 2.33. The summed E-state index contributed by atoms with van der Waals surface area (Å²) in [6, 6.07) is 7.91. The minimum absolute atomic E-state index is 0.157. The molecule has 3 rings (SSSR count). The van der Waals surface area contributed by atoms with Gasteiger partial charge in [-0.2, -0.15) is 0 Å². The molecule has 0 saturated carbocycles. The van der Waals surface area contributed by atoms with Crippen LogP contribution in [0, 0.1) is 5.82 Å². The predicted octanol–water partition coefficient (Wildman–Crippen LogP) is 3.51. The van der Waals surface area contributed by atoms with E-state index in [4.69, 9.17) is 11.6 Å². The largest absolute Gasteiger partial charge is 0.323 e. The Balaban J connectivity index is 1.69. The van der Waals surface area contributed by atoms with Gasteiger partial charge in [0.25, 0.3) is 0 Å². The van der Waals surface area contributed by atoms with Crippen LogP contribution in [0.2, 0.25) is 5.02 Å². The van der Waals surface area contributed by atoms with Crippen molar-refractivity contribution >= 4 is 23.2 Å². The topological polar surface area (TPSA) is 67.8 Å². The van der Waals surface area contributed by atoms with E-state index in [1.165, 1.54) is 24.5 Å². The van der Waals surface area contributed by atoms with Gasteiger partial charge in [0.2, 0.25) is 5.91 Å². The monoisotopic (exact) mass is 342 g/mol. The second kappa shape index (κ2) is 7.14. The van der Waals surface area contributed by atoms with Gasteiger partial charge in [0.1, 0.15) is 5.82 Å². The van der Waals surface area contributed by atoms with Crippen LogP contribution in [0.4, 0.5) is 10.1 Å². The van der Waals surface area contributed by atoms with Crippen LogP contribution >= 0.6 is 11.6 Å². The Morgan fingerprint density at radius 2 is 1.92 bits per heavy atom. The van der Waals surface area contributed by atoms with Crippen molar-refractivity contribution in [2.45, 2.75) is 6.42 Å². The number of benzene rings is 1. The van der Waals surface area contributed by atoms with E-state index in [2.05, 4.69) is 20.3 Å². The van der Waals surface area contributed by atoms with Crippen molar-refractivity contribution < 1.29 is 9.18 Å². The number of nitrogens with one attached hydrogen (secondary N) is 1. The Hall–Kier alpha value is -2.86. The summed E-state index contributed by atoms with van der Waals surface area (Å²) in [6.07, 6.45) is 6.10. The van der Waals surface area contributed by atoms with Crippen LogP contribution < -0.4 is 5.32 Å². The van der Waals surface area contributed by atoms with Crippen LogP contribution in [0.15, 0.2) is 55.1 Å². The normalized spacial score (nSPS) is 10.4. The highest BCUT2D eigenvalue weighted by Crippen LogP contribution is 2.20. The molecule has 24 heavy (non-hydrogen) atoms. The van der Waals surface area contributed by atoms with E-state index in [-0.39, 0.29) is 17.0 Å². The van der Waals surface area contributed by atoms with E-state index in [0.29, 0.717) is 11.5 Å². The zero-order chi connectivity index (χ0) is 16.9. The molecule has 2 heterocycles. The van der Waals surface area contributed by atoms with Crippen molar-refractivity contribution in [3.63, 3.8) is 0 Å². The maximum atomic E-state index is 13.7. The molecule has 0 unspecified atom stereocenters. The summed E-state index contributed by atoms with van der Waals surface area (Å²) in [7, 11) is 0. The number of hydrogen-bond donors (Lipinski definition) is 1. The first-order valence-electron chi connectivity index (χ1n) is 7.08. The highest BCUT2D eigenvalue weighted by atomic mass is 35.5. The van der Waals surface area contributed by atoms with E-state index >= 15 is 0 Å². The van der Waals surface area contributed by atoms with Crippen molar-refractivity contribution in [3.05, 3.63) is 71.5 Å². The van der Waals surface area contributed by atoms with Crippen molar-refractivity contribution in [1.82, 2.24) is 15.0 Å². The summed E-state index contributed by atoms with van der Waals surface area (Å²) in [5.41, 5.74) is 1.35. The molecule has 0 aliphatic carbocycles. The molecule has 1 aromatic carbocycles. The lowest BCUT2D eigenvalue weighted by Crippen LogP contribution is -2.16. The number of halogens is 2. The standard InChI is InChI=1S/C17H12ClFN4O/c18-14-4-1-5-15(19)13(14)7-16(24)23-12-9-21-17(22-10-12)11-3-2-6-20-8-11/h1-6,8-10H,7H2,(H,23,24). The fraction of sp³-hybridized carbons (Fsp3) is 0.0588. The lowest BCUT2D eigenvalue weighted by molar-refractivity contribution is -0.115. The summed E-state index contributed by atoms with van der Waals surface area (Å²) in [4.78, 5) is 24.4. The van der Waals surface area contributed by atoms with Crippen LogP contribution in [0.1, 0.15) is 5.56 Å². The number of anilines is 1. The molecule has 0 fully saturated rings. The molecule has 120 valence electrons. The van der Waals surface area contributed by atoms with Crippen LogP contribution in [0.5, 0.6) is 0 Å². The van der Waals surface area contributed by atoms with Gasteiger partial charge in [-0.3, -0.25) is 9.78 Å². The smallest absolute Gasteiger partial charge is 0.229 e. The molecule has 0 spiro atoms. The molecule has 0 bridgehead atoms. The van der Waals surface area contributed by atoms with Crippen LogP contribution in [0.25, 0.3) is 11.4 Å². The molecule has 0 atom stereocenters. The third-order valence-corrected chi connectivity index (χ3v) is 3.61. The first kappa shape index (κ1) is 16.0. The lowest BCUT2D eigenvalue weighted by atomic mass is 10.1. The number of carbonyl (C=O) groups excluding carboxylic acids is 1. The van der Waals surface area contributed by atoms with Crippen LogP contribution in [-0.4, -0.2) is 20.9 Å². The average molecular weight is 343 g/mol. The Bertz CT molecular complexity index is 836. The highest BCUT2D eigenvalue weighted by Gasteiger charge is 2.12. The number of hydrogen-bond acceptors (Lipinski definition) is 4. The highest BCUT2D eigenvalue weighted by molar-refractivity contribution is 6.31. The number of nitrogens with zero attached hydrogens (tertiary/aromatic N) is 3. The lowest BCUT2D eigenvalue weighted by Gasteiger charge is -2.07. The fourth-order valence-electron chi connectivity index (χ4n) is 2.10. The average Bonchev–Trinajstić information content (AvgIpc) is 2.60. The quantitative estimate of drug-likeness (QED) is 0.787. The van der Waals surface area contributed by atoms with Gasteiger partial charge in [-0.25, -0.2) is 14.4 Å².